The molecule has 6 heteroatoms. The van der Waals surface area contributed by atoms with E-state index in [0.29, 0.717) is 18.5 Å². The Morgan fingerprint density at radius 2 is 2.17 bits per heavy atom. The molecule has 0 bridgehead atoms. The fraction of sp³-hybridized carbons (Fsp3) is 0.765. The third-order valence-corrected chi connectivity index (χ3v) is 5.06. The summed E-state index contributed by atoms with van der Waals surface area (Å²) in [7, 11) is 0. The second kappa shape index (κ2) is 8.11. The van der Waals surface area contributed by atoms with Crippen molar-refractivity contribution in [2.45, 2.75) is 71.1 Å². The summed E-state index contributed by atoms with van der Waals surface area (Å²) in [5.41, 5.74) is -0.451. The topological polar surface area (TPSA) is 63.2 Å². The maximum atomic E-state index is 11.9. The Bertz CT molecular complexity index is 485. The normalized spacial score (nSPS) is 23.3. The molecule has 3 unspecified atom stereocenters. The number of hydrogen-bond donors (Lipinski definition) is 2. The zero-order chi connectivity index (χ0) is 16.9. The van der Waals surface area contributed by atoms with Gasteiger partial charge in [0.05, 0.1) is 6.04 Å². The van der Waals surface area contributed by atoms with Crippen LogP contribution in [0.2, 0.25) is 0 Å². The second-order valence-electron chi connectivity index (χ2n) is 7.29. The number of carbonyl (C=O) groups excluding carboxylic acids is 1. The van der Waals surface area contributed by atoms with Gasteiger partial charge < -0.3 is 15.4 Å². The number of thiazole rings is 1. The summed E-state index contributed by atoms with van der Waals surface area (Å²) in [4.78, 5) is 16.2. The van der Waals surface area contributed by atoms with Gasteiger partial charge >= 0.3 is 6.09 Å². The predicted octanol–water partition coefficient (Wildman–Crippen LogP) is 3.88. The smallest absolute Gasteiger partial charge is 0.407 e. The van der Waals surface area contributed by atoms with Crippen molar-refractivity contribution in [3.05, 3.63) is 16.6 Å². The molecule has 2 N–H and O–H groups in total. The molecule has 0 radical (unpaired) electrons. The maximum Gasteiger partial charge on any atom is 0.407 e. The molecule has 1 aliphatic rings. The molecule has 5 nitrogen and oxygen atoms in total. The van der Waals surface area contributed by atoms with Crippen molar-refractivity contribution in [1.82, 2.24) is 15.6 Å². The number of carbonyl (C=O) groups is 1. The number of aromatic nitrogens is 1. The third kappa shape index (κ3) is 6.11. The van der Waals surface area contributed by atoms with Crippen LogP contribution in [-0.4, -0.2) is 29.3 Å². The highest BCUT2D eigenvalue weighted by Gasteiger charge is 2.28. The van der Waals surface area contributed by atoms with Gasteiger partial charge in [-0.15, -0.1) is 11.3 Å². The molecule has 1 saturated carbocycles. The maximum absolute atomic E-state index is 11.9. The van der Waals surface area contributed by atoms with E-state index in [0.717, 1.165) is 17.8 Å². The first-order valence-corrected chi connectivity index (χ1v) is 9.35. The first-order chi connectivity index (χ1) is 10.8. The van der Waals surface area contributed by atoms with Crippen LogP contribution in [0.5, 0.6) is 0 Å². The van der Waals surface area contributed by atoms with Gasteiger partial charge in [-0.2, -0.15) is 0 Å². The highest BCUT2D eigenvalue weighted by molar-refractivity contribution is 7.09. The molecule has 130 valence electrons. The van der Waals surface area contributed by atoms with Crippen molar-refractivity contribution in [3.8, 4) is 0 Å². The average molecular weight is 340 g/mol. The molecule has 0 spiro atoms. The van der Waals surface area contributed by atoms with Crippen LogP contribution in [0.25, 0.3) is 0 Å². The Kier molecular flexibility index (Phi) is 6.41. The van der Waals surface area contributed by atoms with Crippen LogP contribution in [0.1, 0.15) is 64.4 Å². The minimum atomic E-state index is -0.451. The highest BCUT2D eigenvalue weighted by Crippen LogP contribution is 2.27. The second-order valence-corrected chi connectivity index (χ2v) is 8.22. The van der Waals surface area contributed by atoms with Crippen LogP contribution in [0, 0.1) is 5.92 Å². The average Bonchev–Trinajstić information content (AvgIpc) is 2.99. The van der Waals surface area contributed by atoms with E-state index >= 15 is 0 Å². The number of ether oxygens (including phenoxy) is 1. The van der Waals surface area contributed by atoms with Crippen LogP contribution in [0.4, 0.5) is 4.79 Å². The fourth-order valence-electron chi connectivity index (χ4n) is 3.04. The quantitative estimate of drug-likeness (QED) is 0.854. The summed E-state index contributed by atoms with van der Waals surface area (Å²) in [5.74, 6) is 0.443. The van der Waals surface area contributed by atoms with Gasteiger partial charge in [-0.25, -0.2) is 9.78 Å². The minimum Gasteiger partial charge on any atom is -0.444 e. The number of nitrogens with one attached hydrogen (secondary N) is 2. The Hall–Kier alpha value is -1.14. The van der Waals surface area contributed by atoms with E-state index in [1.807, 2.05) is 32.3 Å². The Morgan fingerprint density at radius 3 is 2.83 bits per heavy atom. The number of hydrogen-bond acceptors (Lipinski definition) is 5. The molecule has 0 aliphatic heterocycles. The Morgan fingerprint density at radius 1 is 1.43 bits per heavy atom. The van der Waals surface area contributed by atoms with Crippen molar-refractivity contribution in [2.75, 3.05) is 6.54 Å². The molecule has 3 atom stereocenters. The SMILES string of the molecule is CC(NC1CCCCC1CNC(=O)OC(C)(C)C)c1nccs1. The zero-order valence-electron chi connectivity index (χ0n) is 14.6. The minimum absolute atomic E-state index is 0.252. The van der Waals surface area contributed by atoms with E-state index in [1.165, 1.54) is 12.8 Å². The number of alkyl carbamates (subject to hydrolysis) is 1. The van der Waals surface area contributed by atoms with Gasteiger partial charge in [0.15, 0.2) is 0 Å². The van der Waals surface area contributed by atoms with Crippen molar-refractivity contribution >= 4 is 17.4 Å². The first-order valence-electron chi connectivity index (χ1n) is 8.47. The van der Waals surface area contributed by atoms with Crippen LogP contribution in [-0.2, 0) is 4.74 Å². The fourth-order valence-corrected chi connectivity index (χ4v) is 3.70. The van der Waals surface area contributed by atoms with Gasteiger partial charge in [0, 0.05) is 24.2 Å². The van der Waals surface area contributed by atoms with E-state index < -0.39 is 5.60 Å². The summed E-state index contributed by atoms with van der Waals surface area (Å²) in [6, 6.07) is 0.666. The molecule has 1 fully saturated rings. The molecule has 1 heterocycles. The molecule has 1 aromatic rings. The van der Waals surface area contributed by atoms with Crippen LogP contribution >= 0.6 is 11.3 Å². The van der Waals surface area contributed by atoms with Crippen LogP contribution < -0.4 is 10.6 Å². The lowest BCUT2D eigenvalue weighted by atomic mass is 9.84. The highest BCUT2D eigenvalue weighted by atomic mass is 32.1. The summed E-state index contributed by atoms with van der Waals surface area (Å²) in [6.07, 6.45) is 6.28. The van der Waals surface area contributed by atoms with Crippen molar-refractivity contribution in [2.24, 2.45) is 5.92 Å². The van der Waals surface area contributed by atoms with Gasteiger partial charge in [0.1, 0.15) is 10.6 Å². The molecular formula is C17H29N3O2S. The summed E-state index contributed by atoms with van der Waals surface area (Å²) >= 11 is 1.68. The zero-order valence-corrected chi connectivity index (χ0v) is 15.4. The van der Waals surface area contributed by atoms with Gasteiger partial charge in [0.2, 0.25) is 0 Å². The summed E-state index contributed by atoms with van der Waals surface area (Å²) in [5, 5.41) is 9.76. The van der Waals surface area contributed by atoms with Crippen molar-refractivity contribution in [1.29, 1.82) is 0 Å². The lowest BCUT2D eigenvalue weighted by molar-refractivity contribution is 0.0510. The summed E-state index contributed by atoms with van der Waals surface area (Å²) < 4.78 is 5.33. The molecule has 1 aliphatic carbocycles. The van der Waals surface area contributed by atoms with Crippen molar-refractivity contribution in [3.63, 3.8) is 0 Å². The number of amides is 1. The van der Waals surface area contributed by atoms with Gasteiger partial charge in [0.25, 0.3) is 0 Å². The molecule has 0 aromatic carbocycles. The molecular weight excluding hydrogens is 310 g/mol. The van der Waals surface area contributed by atoms with Gasteiger partial charge in [-0.3, -0.25) is 0 Å². The first kappa shape index (κ1) is 18.2. The molecule has 23 heavy (non-hydrogen) atoms. The predicted molar refractivity (Wildman–Crippen MR) is 93.6 cm³/mol. The number of rotatable bonds is 5. The molecule has 2 rings (SSSR count). The van der Waals surface area contributed by atoms with E-state index in [4.69, 9.17) is 4.74 Å². The van der Waals surface area contributed by atoms with Gasteiger partial charge in [-0.05, 0) is 46.5 Å². The monoisotopic (exact) mass is 339 g/mol. The Labute approximate surface area is 143 Å². The van der Waals surface area contributed by atoms with Crippen molar-refractivity contribution < 1.29 is 9.53 Å². The van der Waals surface area contributed by atoms with E-state index in [1.54, 1.807) is 11.3 Å². The standard InChI is InChI=1S/C17H29N3O2S/c1-12(15-18-9-10-23-15)20-14-8-6-5-7-13(14)11-19-16(21)22-17(2,3)4/h9-10,12-14,20H,5-8,11H2,1-4H3,(H,19,21). The summed E-state index contributed by atoms with van der Waals surface area (Å²) in [6.45, 7) is 8.47. The molecule has 1 amide bonds. The van der Waals surface area contributed by atoms with Crippen LogP contribution in [0.15, 0.2) is 11.6 Å². The Balaban J connectivity index is 1.84. The molecule has 1 aromatic heterocycles. The third-order valence-electron chi connectivity index (χ3n) is 4.10. The van der Waals surface area contributed by atoms with E-state index in [-0.39, 0.29) is 12.1 Å². The van der Waals surface area contributed by atoms with Crippen LogP contribution in [0.3, 0.4) is 0 Å². The van der Waals surface area contributed by atoms with Gasteiger partial charge in [-0.1, -0.05) is 12.8 Å². The van der Waals surface area contributed by atoms with E-state index in [2.05, 4.69) is 22.5 Å². The molecule has 0 saturated heterocycles. The number of nitrogens with zero attached hydrogens (tertiary/aromatic N) is 1. The lowest BCUT2D eigenvalue weighted by Crippen LogP contribution is -2.45. The lowest BCUT2D eigenvalue weighted by Gasteiger charge is -2.34. The largest absolute Gasteiger partial charge is 0.444 e. The van der Waals surface area contributed by atoms with E-state index in [9.17, 15) is 4.79 Å².